The van der Waals surface area contributed by atoms with Crippen LogP contribution < -0.4 is 5.32 Å². The third-order valence-corrected chi connectivity index (χ3v) is 2.19. The van der Waals surface area contributed by atoms with E-state index in [-0.39, 0.29) is 5.56 Å². The largest absolute Gasteiger partial charge is 0.480 e. The summed E-state index contributed by atoms with van der Waals surface area (Å²) < 4.78 is 13.0. The summed E-state index contributed by atoms with van der Waals surface area (Å²) in [4.78, 5) is 31.6. The van der Waals surface area contributed by atoms with Crippen LogP contribution >= 0.6 is 0 Å². The van der Waals surface area contributed by atoms with Crippen molar-refractivity contribution >= 4 is 17.6 Å². The normalized spacial score (nSPS) is 11.7. The number of rotatable bonds is 5. The maximum absolute atomic E-state index is 13.0. The first-order valence-electron chi connectivity index (χ1n) is 4.95. The summed E-state index contributed by atoms with van der Waals surface area (Å²) in [5.74, 6) is -3.55. The monoisotopic (exact) mass is 272 g/mol. The number of benzene rings is 1. The van der Waals surface area contributed by atoms with Gasteiger partial charge in [0.15, 0.2) is 6.04 Å². The van der Waals surface area contributed by atoms with Crippen LogP contribution in [0.25, 0.3) is 0 Å². The van der Waals surface area contributed by atoms with Gasteiger partial charge in [-0.3, -0.25) is 14.9 Å². The fraction of sp³-hybridized carbons (Fsp3) is 0.200. The van der Waals surface area contributed by atoms with E-state index in [4.69, 9.17) is 10.2 Å². The van der Waals surface area contributed by atoms with Crippen molar-refractivity contribution < 1.29 is 29.1 Å². The number of hydrogen-bond acceptors (Lipinski definition) is 5. The fourth-order valence-electron chi connectivity index (χ4n) is 1.22. The molecule has 9 heteroatoms. The van der Waals surface area contributed by atoms with Gasteiger partial charge in [0, 0.05) is 11.6 Å². The van der Waals surface area contributed by atoms with Crippen LogP contribution in [-0.4, -0.2) is 39.7 Å². The van der Waals surface area contributed by atoms with Crippen molar-refractivity contribution in [3.63, 3.8) is 0 Å². The highest BCUT2D eigenvalue weighted by Gasteiger charge is 2.22. The Balaban J connectivity index is 2.97. The molecule has 0 spiro atoms. The Bertz CT molecular complexity index is 533. The molecule has 0 aliphatic carbocycles. The van der Waals surface area contributed by atoms with E-state index in [1.165, 1.54) is 0 Å². The van der Waals surface area contributed by atoms with Crippen LogP contribution in [0.15, 0.2) is 18.2 Å². The van der Waals surface area contributed by atoms with E-state index in [9.17, 15) is 24.1 Å². The van der Waals surface area contributed by atoms with Crippen LogP contribution in [0.1, 0.15) is 10.4 Å². The van der Waals surface area contributed by atoms with E-state index >= 15 is 0 Å². The lowest BCUT2D eigenvalue weighted by molar-refractivity contribution is -0.387. The summed E-state index contributed by atoms with van der Waals surface area (Å²) in [5, 5.41) is 29.7. The van der Waals surface area contributed by atoms with Gasteiger partial charge in [-0.25, -0.2) is 4.79 Å². The van der Waals surface area contributed by atoms with E-state index in [0.29, 0.717) is 6.07 Å². The molecule has 0 bridgehead atoms. The molecule has 0 heterocycles. The summed E-state index contributed by atoms with van der Waals surface area (Å²) in [7, 11) is 0. The molecule has 8 nitrogen and oxygen atoms in total. The first kappa shape index (κ1) is 14.5. The third-order valence-electron chi connectivity index (χ3n) is 2.19. The SMILES string of the molecule is O=C(N[C@@H](CO)C(=O)O)c1ccc(F)c([N+](=O)[O-])c1. The summed E-state index contributed by atoms with van der Waals surface area (Å²) in [5.41, 5.74) is -1.18. The minimum atomic E-state index is -1.54. The van der Waals surface area contributed by atoms with Gasteiger partial charge in [-0.15, -0.1) is 0 Å². The van der Waals surface area contributed by atoms with Gasteiger partial charge in [0.05, 0.1) is 11.5 Å². The number of halogens is 1. The van der Waals surface area contributed by atoms with Gasteiger partial charge >= 0.3 is 11.7 Å². The molecule has 0 saturated carbocycles. The van der Waals surface area contributed by atoms with E-state index in [0.717, 1.165) is 12.1 Å². The first-order chi connectivity index (χ1) is 8.86. The van der Waals surface area contributed by atoms with E-state index in [2.05, 4.69) is 0 Å². The number of nitrogens with one attached hydrogen (secondary N) is 1. The molecule has 3 N–H and O–H groups in total. The molecule has 1 rings (SSSR count). The predicted molar refractivity (Wildman–Crippen MR) is 59.0 cm³/mol. The van der Waals surface area contributed by atoms with Gasteiger partial charge in [-0.05, 0) is 12.1 Å². The van der Waals surface area contributed by atoms with Crippen molar-refractivity contribution in [1.29, 1.82) is 0 Å². The highest BCUT2D eigenvalue weighted by atomic mass is 19.1. The summed E-state index contributed by atoms with van der Waals surface area (Å²) in [6.45, 7) is -0.843. The lowest BCUT2D eigenvalue weighted by Gasteiger charge is -2.11. The van der Waals surface area contributed by atoms with Gasteiger partial charge in [-0.1, -0.05) is 0 Å². The fourth-order valence-corrected chi connectivity index (χ4v) is 1.22. The molecule has 0 unspecified atom stereocenters. The lowest BCUT2D eigenvalue weighted by Crippen LogP contribution is -2.43. The molecular formula is C10H9FN2O6. The number of amides is 1. The smallest absolute Gasteiger partial charge is 0.328 e. The molecule has 19 heavy (non-hydrogen) atoms. The molecular weight excluding hydrogens is 263 g/mol. The second kappa shape index (κ2) is 5.87. The number of carbonyl (C=O) groups is 2. The first-order valence-corrected chi connectivity index (χ1v) is 4.95. The lowest BCUT2D eigenvalue weighted by atomic mass is 10.1. The average Bonchev–Trinajstić information content (AvgIpc) is 2.35. The molecule has 0 aliphatic rings. The van der Waals surface area contributed by atoms with E-state index in [1.807, 2.05) is 5.32 Å². The van der Waals surface area contributed by atoms with Crippen molar-refractivity contribution in [2.45, 2.75) is 6.04 Å². The van der Waals surface area contributed by atoms with Gasteiger partial charge in [-0.2, -0.15) is 4.39 Å². The van der Waals surface area contributed by atoms with Gasteiger partial charge in [0.2, 0.25) is 5.82 Å². The second-order valence-corrected chi connectivity index (χ2v) is 3.47. The quantitative estimate of drug-likeness (QED) is 0.507. The number of hydrogen-bond donors (Lipinski definition) is 3. The molecule has 0 radical (unpaired) electrons. The molecule has 0 aromatic heterocycles. The topological polar surface area (TPSA) is 130 Å². The van der Waals surface area contributed by atoms with Crippen LogP contribution in [0.4, 0.5) is 10.1 Å². The van der Waals surface area contributed by atoms with Crippen LogP contribution in [-0.2, 0) is 4.79 Å². The van der Waals surface area contributed by atoms with Crippen molar-refractivity contribution in [2.75, 3.05) is 6.61 Å². The van der Waals surface area contributed by atoms with E-state index < -0.39 is 41.0 Å². The Morgan fingerprint density at radius 2 is 2.11 bits per heavy atom. The Morgan fingerprint density at radius 1 is 1.47 bits per heavy atom. The molecule has 0 saturated heterocycles. The van der Waals surface area contributed by atoms with Crippen LogP contribution in [0.2, 0.25) is 0 Å². The summed E-state index contributed by atoms with van der Waals surface area (Å²) in [6.07, 6.45) is 0. The number of aliphatic carboxylic acids is 1. The Morgan fingerprint density at radius 3 is 2.58 bits per heavy atom. The number of nitrogens with zero attached hydrogens (tertiary/aromatic N) is 1. The molecule has 0 aliphatic heterocycles. The summed E-state index contributed by atoms with van der Waals surface area (Å²) >= 11 is 0. The number of carbonyl (C=O) groups excluding carboxylic acids is 1. The molecule has 1 atom stereocenters. The number of nitro benzene ring substituents is 1. The standard InChI is InChI=1S/C10H9FN2O6/c11-6-2-1-5(3-8(6)13(18)19)9(15)12-7(4-14)10(16)17/h1-3,7,14H,4H2,(H,12,15)(H,16,17)/t7-/m0/s1. The van der Waals surface area contributed by atoms with Crippen molar-refractivity contribution in [3.05, 3.63) is 39.7 Å². The Labute approximate surface area is 105 Å². The third kappa shape index (κ3) is 3.45. The number of aliphatic hydroxyl groups is 1. The molecule has 1 aromatic carbocycles. The number of carboxylic acid groups (broad SMARTS) is 1. The van der Waals surface area contributed by atoms with Gasteiger partial charge in [0.25, 0.3) is 5.91 Å². The Hall–Kier alpha value is -2.55. The van der Waals surface area contributed by atoms with Crippen molar-refractivity contribution in [3.8, 4) is 0 Å². The van der Waals surface area contributed by atoms with Gasteiger partial charge < -0.3 is 15.5 Å². The van der Waals surface area contributed by atoms with Crippen LogP contribution in [0, 0.1) is 15.9 Å². The Kier molecular flexibility index (Phi) is 4.48. The van der Waals surface area contributed by atoms with Crippen molar-refractivity contribution in [1.82, 2.24) is 5.32 Å². The van der Waals surface area contributed by atoms with Gasteiger partial charge in [0.1, 0.15) is 0 Å². The number of aliphatic hydroxyl groups excluding tert-OH is 1. The molecule has 0 fully saturated rings. The van der Waals surface area contributed by atoms with Crippen LogP contribution in [0.5, 0.6) is 0 Å². The van der Waals surface area contributed by atoms with Crippen molar-refractivity contribution in [2.24, 2.45) is 0 Å². The maximum Gasteiger partial charge on any atom is 0.328 e. The highest BCUT2D eigenvalue weighted by molar-refractivity contribution is 5.97. The van der Waals surface area contributed by atoms with Crippen LogP contribution in [0.3, 0.4) is 0 Å². The zero-order chi connectivity index (χ0) is 14.6. The highest BCUT2D eigenvalue weighted by Crippen LogP contribution is 2.18. The minimum Gasteiger partial charge on any atom is -0.480 e. The maximum atomic E-state index is 13.0. The minimum absolute atomic E-state index is 0.284. The predicted octanol–water partition coefficient (Wildman–Crippen LogP) is -0.0908. The second-order valence-electron chi connectivity index (χ2n) is 3.47. The zero-order valence-corrected chi connectivity index (χ0v) is 9.37. The van der Waals surface area contributed by atoms with E-state index in [1.54, 1.807) is 0 Å². The summed E-state index contributed by atoms with van der Waals surface area (Å²) in [6, 6.07) is 0.827. The zero-order valence-electron chi connectivity index (χ0n) is 9.37. The number of carboxylic acids is 1. The molecule has 102 valence electrons. The molecule has 1 amide bonds. The average molecular weight is 272 g/mol. The molecule has 1 aromatic rings. The number of nitro groups is 1.